The lowest BCUT2D eigenvalue weighted by Crippen LogP contribution is -2.46. The monoisotopic (exact) mass is 367 g/mol. The lowest BCUT2D eigenvalue weighted by Gasteiger charge is -2.35. The third-order valence-electron chi connectivity index (χ3n) is 4.16. The Labute approximate surface area is 156 Å². The molecule has 0 aromatic carbocycles. The van der Waals surface area contributed by atoms with Crippen LogP contribution in [0, 0.1) is 0 Å². The molecule has 6 nitrogen and oxygen atoms in total. The minimum atomic E-state index is 0.327. The molecular weight excluding hydrogens is 338 g/mol. The standard InChI is InChI=1S/C18H30ClN5O/c1-14-12-24(13-15(2)25-14)10-4-8-21-18(20-3)22-9-7-16-5-6-17(19)23-11-16/h5-6,11,14-15H,4,7-10,12-13H2,1-3H3,(H2,20,21,22). The minimum Gasteiger partial charge on any atom is -0.373 e. The Bertz CT molecular complexity index is 527. The van der Waals surface area contributed by atoms with Crippen LogP contribution in [0.15, 0.2) is 23.3 Å². The number of nitrogens with zero attached hydrogens (tertiary/aromatic N) is 3. The number of hydrogen-bond donors (Lipinski definition) is 2. The molecule has 2 N–H and O–H groups in total. The molecule has 1 aromatic heterocycles. The van der Waals surface area contributed by atoms with Gasteiger partial charge in [0, 0.05) is 46.0 Å². The Morgan fingerprint density at radius 1 is 1.28 bits per heavy atom. The molecule has 1 aliphatic rings. The van der Waals surface area contributed by atoms with Crippen LogP contribution in [0.25, 0.3) is 0 Å². The SMILES string of the molecule is CN=C(NCCCN1CC(C)OC(C)C1)NCCc1ccc(Cl)nc1. The van der Waals surface area contributed by atoms with Gasteiger partial charge in [0.05, 0.1) is 12.2 Å². The van der Waals surface area contributed by atoms with Crippen LogP contribution in [0.1, 0.15) is 25.8 Å². The number of pyridine rings is 1. The third kappa shape index (κ3) is 7.59. The van der Waals surface area contributed by atoms with Gasteiger partial charge in [0.15, 0.2) is 5.96 Å². The number of rotatable bonds is 7. The highest BCUT2D eigenvalue weighted by Crippen LogP contribution is 2.10. The van der Waals surface area contributed by atoms with E-state index >= 15 is 0 Å². The van der Waals surface area contributed by atoms with Crippen molar-refractivity contribution in [1.82, 2.24) is 20.5 Å². The lowest BCUT2D eigenvalue weighted by atomic mass is 10.2. The molecule has 0 aliphatic carbocycles. The van der Waals surface area contributed by atoms with Crippen molar-refractivity contribution < 1.29 is 4.74 Å². The van der Waals surface area contributed by atoms with Gasteiger partial charge in [-0.25, -0.2) is 4.98 Å². The summed E-state index contributed by atoms with van der Waals surface area (Å²) in [4.78, 5) is 10.8. The Morgan fingerprint density at radius 3 is 2.64 bits per heavy atom. The van der Waals surface area contributed by atoms with Crippen LogP contribution in [-0.2, 0) is 11.2 Å². The maximum absolute atomic E-state index is 5.80. The number of ether oxygens (including phenoxy) is 1. The van der Waals surface area contributed by atoms with E-state index in [1.54, 1.807) is 7.05 Å². The quantitative estimate of drug-likeness (QED) is 0.334. The number of nitrogens with one attached hydrogen (secondary N) is 2. The molecule has 1 aromatic rings. The molecule has 2 unspecified atom stereocenters. The highest BCUT2D eigenvalue weighted by molar-refractivity contribution is 6.29. The first-order valence-electron chi connectivity index (χ1n) is 8.99. The van der Waals surface area contributed by atoms with Crippen molar-refractivity contribution in [2.45, 2.75) is 38.9 Å². The minimum absolute atomic E-state index is 0.327. The molecule has 140 valence electrons. The smallest absolute Gasteiger partial charge is 0.190 e. The van der Waals surface area contributed by atoms with Gasteiger partial charge in [-0.05, 0) is 38.3 Å². The second-order valence-electron chi connectivity index (χ2n) is 6.54. The van der Waals surface area contributed by atoms with E-state index in [1.165, 1.54) is 0 Å². The molecule has 0 bridgehead atoms. The van der Waals surface area contributed by atoms with Crippen molar-refractivity contribution >= 4 is 17.6 Å². The van der Waals surface area contributed by atoms with Gasteiger partial charge in [-0.3, -0.25) is 9.89 Å². The molecule has 2 atom stereocenters. The van der Waals surface area contributed by atoms with Crippen molar-refractivity contribution in [1.29, 1.82) is 0 Å². The van der Waals surface area contributed by atoms with Gasteiger partial charge in [-0.1, -0.05) is 17.7 Å². The Kier molecular flexibility index (Phi) is 8.44. The van der Waals surface area contributed by atoms with Gasteiger partial charge in [-0.15, -0.1) is 0 Å². The summed E-state index contributed by atoms with van der Waals surface area (Å²) in [6.07, 6.45) is 4.43. The topological polar surface area (TPSA) is 61.8 Å². The first-order chi connectivity index (χ1) is 12.1. The molecule has 25 heavy (non-hydrogen) atoms. The number of hydrogen-bond acceptors (Lipinski definition) is 4. The summed E-state index contributed by atoms with van der Waals surface area (Å²) in [6, 6.07) is 3.81. The fourth-order valence-electron chi connectivity index (χ4n) is 3.08. The Morgan fingerprint density at radius 2 is 2.00 bits per heavy atom. The fourth-order valence-corrected chi connectivity index (χ4v) is 3.19. The van der Waals surface area contributed by atoms with Gasteiger partial charge in [0.2, 0.25) is 0 Å². The van der Waals surface area contributed by atoms with Crippen molar-refractivity contribution in [2.24, 2.45) is 4.99 Å². The molecule has 1 fully saturated rings. The Balaban J connectivity index is 1.59. The van der Waals surface area contributed by atoms with E-state index in [1.807, 2.05) is 18.3 Å². The first-order valence-corrected chi connectivity index (χ1v) is 9.37. The normalized spacial score (nSPS) is 22.0. The van der Waals surface area contributed by atoms with E-state index < -0.39 is 0 Å². The predicted molar refractivity (Wildman–Crippen MR) is 103 cm³/mol. The zero-order chi connectivity index (χ0) is 18.1. The number of aliphatic imine (C=N–C) groups is 1. The number of halogens is 1. The van der Waals surface area contributed by atoms with Crippen LogP contribution in [0.4, 0.5) is 0 Å². The molecule has 1 saturated heterocycles. The van der Waals surface area contributed by atoms with E-state index in [0.717, 1.165) is 57.1 Å². The van der Waals surface area contributed by atoms with E-state index in [0.29, 0.717) is 17.4 Å². The van der Waals surface area contributed by atoms with Crippen LogP contribution >= 0.6 is 11.6 Å². The Hall–Kier alpha value is -1.37. The molecule has 7 heteroatoms. The van der Waals surface area contributed by atoms with Crippen molar-refractivity contribution in [3.8, 4) is 0 Å². The third-order valence-corrected chi connectivity index (χ3v) is 4.38. The molecule has 1 aliphatic heterocycles. The second kappa shape index (κ2) is 10.6. The lowest BCUT2D eigenvalue weighted by molar-refractivity contribution is -0.0679. The van der Waals surface area contributed by atoms with Crippen molar-refractivity contribution in [3.63, 3.8) is 0 Å². The van der Waals surface area contributed by atoms with E-state index in [9.17, 15) is 0 Å². The number of aromatic nitrogens is 1. The highest BCUT2D eigenvalue weighted by Gasteiger charge is 2.21. The highest BCUT2D eigenvalue weighted by atomic mass is 35.5. The van der Waals surface area contributed by atoms with E-state index in [2.05, 4.69) is 39.4 Å². The van der Waals surface area contributed by atoms with Crippen molar-refractivity contribution in [2.75, 3.05) is 39.8 Å². The van der Waals surface area contributed by atoms with Crippen LogP contribution in [0.3, 0.4) is 0 Å². The fraction of sp³-hybridized carbons (Fsp3) is 0.667. The molecule has 0 radical (unpaired) electrons. The van der Waals surface area contributed by atoms with Gasteiger partial charge < -0.3 is 15.4 Å². The van der Waals surface area contributed by atoms with Crippen LogP contribution in [0.5, 0.6) is 0 Å². The molecular formula is C18H30ClN5O. The average Bonchev–Trinajstić information content (AvgIpc) is 2.58. The summed E-state index contributed by atoms with van der Waals surface area (Å²) in [5.41, 5.74) is 1.16. The van der Waals surface area contributed by atoms with E-state index in [-0.39, 0.29) is 0 Å². The molecule has 2 rings (SSSR count). The largest absolute Gasteiger partial charge is 0.373 e. The zero-order valence-electron chi connectivity index (χ0n) is 15.5. The summed E-state index contributed by atoms with van der Waals surface area (Å²) in [7, 11) is 1.80. The van der Waals surface area contributed by atoms with Crippen molar-refractivity contribution in [3.05, 3.63) is 29.0 Å². The zero-order valence-corrected chi connectivity index (χ0v) is 16.2. The van der Waals surface area contributed by atoms with Gasteiger partial charge in [0.1, 0.15) is 5.15 Å². The summed E-state index contributed by atoms with van der Waals surface area (Å²) in [6.45, 7) is 9.12. The summed E-state index contributed by atoms with van der Waals surface area (Å²) < 4.78 is 5.77. The van der Waals surface area contributed by atoms with Crippen LogP contribution < -0.4 is 10.6 Å². The number of guanidine groups is 1. The predicted octanol–water partition coefficient (Wildman–Crippen LogP) is 1.94. The van der Waals surface area contributed by atoms with Gasteiger partial charge in [0.25, 0.3) is 0 Å². The van der Waals surface area contributed by atoms with Gasteiger partial charge >= 0.3 is 0 Å². The first kappa shape index (κ1) is 19.9. The molecule has 2 heterocycles. The number of morpholine rings is 1. The van der Waals surface area contributed by atoms with Gasteiger partial charge in [-0.2, -0.15) is 0 Å². The maximum atomic E-state index is 5.80. The molecule has 0 amide bonds. The van der Waals surface area contributed by atoms with E-state index in [4.69, 9.17) is 16.3 Å². The summed E-state index contributed by atoms with van der Waals surface area (Å²) in [5, 5.41) is 7.23. The average molecular weight is 368 g/mol. The summed E-state index contributed by atoms with van der Waals surface area (Å²) in [5.74, 6) is 0.839. The molecule has 0 spiro atoms. The second-order valence-corrected chi connectivity index (χ2v) is 6.92. The summed E-state index contributed by atoms with van der Waals surface area (Å²) >= 11 is 5.80. The van der Waals surface area contributed by atoms with Crippen LogP contribution in [-0.4, -0.2) is 67.8 Å². The maximum Gasteiger partial charge on any atom is 0.190 e. The molecule has 0 saturated carbocycles. The van der Waals surface area contributed by atoms with Crippen LogP contribution in [0.2, 0.25) is 5.15 Å².